The van der Waals surface area contributed by atoms with Crippen molar-refractivity contribution in [3.05, 3.63) is 70.9 Å². The molecular formula is C25H27NO3. The summed E-state index contributed by atoms with van der Waals surface area (Å²) in [6, 6.07) is 15.7. The molecule has 150 valence electrons. The fraction of sp³-hybridized carbons (Fsp3) is 0.360. The van der Waals surface area contributed by atoms with Crippen LogP contribution in [0.2, 0.25) is 0 Å². The zero-order valence-electron chi connectivity index (χ0n) is 17.5. The summed E-state index contributed by atoms with van der Waals surface area (Å²) in [5, 5.41) is 0. The maximum absolute atomic E-state index is 13.4. The quantitative estimate of drug-likeness (QED) is 0.728. The van der Waals surface area contributed by atoms with Crippen LogP contribution in [0.5, 0.6) is 5.75 Å². The normalized spacial score (nSPS) is 21.2. The van der Waals surface area contributed by atoms with Crippen molar-refractivity contribution in [2.75, 3.05) is 12.0 Å². The summed E-state index contributed by atoms with van der Waals surface area (Å²) < 4.78 is 5.38. The Balaban J connectivity index is 1.90. The number of hydrogen-bond acceptors (Lipinski definition) is 3. The summed E-state index contributed by atoms with van der Waals surface area (Å²) in [4.78, 5) is 28.5. The van der Waals surface area contributed by atoms with Crippen molar-refractivity contribution in [2.24, 2.45) is 5.41 Å². The van der Waals surface area contributed by atoms with Crippen molar-refractivity contribution < 1.29 is 14.3 Å². The maximum Gasteiger partial charge on any atom is 0.232 e. The number of anilines is 1. The lowest BCUT2D eigenvalue weighted by Gasteiger charge is -2.43. The van der Waals surface area contributed by atoms with Crippen molar-refractivity contribution in [3.8, 4) is 5.75 Å². The van der Waals surface area contributed by atoms with E-state index in [1.54, 1.807) is 12.0 Å². The van der Waals surface area contributed by atoms with Crippen molar-refractivity contribution >= 4 is 17.4 Å². The average Bonchev–Trinajstić information content (AvgIpc) is 2.66. The number of Topliss-reactive ketones (excluding diaryl/α,β-unsaturated/α-hetero) is 1. The van der Waals surface area contributed by atoms with Crippen LogP contribution in [0.3, 0.4) is 0 Å². The number of amides is 1. The summed E-state index contributed by atoms with van der Waals surface area (Å²) in [5.41, 5.74) is 4.38. The molecule has 0 saturated heterocycles. The Morgan fingerprint density at radius 2 is 1.79 bits per heavy atom. The lowest BCUT2D eigenvalue weighted by atomic mass is 9.69. The Morgan fingerprint density at radius 1 is 1.03 bits per heavy atom. The number of hydrogen-bond donors (Lipinski definition) is 0. The number of methoxy groups -OCH3 is 1. The molecule has 0 saturated carbocycles. The molecule has 2 aliphatic rings. The zero-order valence-corrected chi connectivity index (χ0v) is 17.5. The van der Waals surface area contributed by atoms with E-state index in [0.29, 0.717) is 12.8 Å². The number of carbonyl (C=O) groups excluding carboxylic acids is 2. The van der Waals surface area contributed by atoms with Crippen molar-refractivity contribution in [1.29, 1.82) is 0 Å². The standard InChI is InChI=1S/C25H27NO3/c1-16-7-5-9-18(11-16)26-21-14-25(2,3)15-22(27)24(21)20(13-23(26)28)17-8-6-10-19(12-17)29-4/h5-12,20H,13-15H2,1-4H3. The third-order valence-corrected chi connectivity index (χ3v) is 5.90. The summed E-state index contributed by atoms with van der Waals surface area (Å²) in [5.74, 6) is 0.695. The fourth-order valence-electron chi connectivity index (χ4n) is 4.62. The van der Waals surface area contributed by atoms with Crippen LogP contribution in [0.4, 0.5) is 5.69 Å². The molecule has 2 aromatic rings. The van der Waals surface area contributed by atoms with E-state index in [1.807, 2.05) is 55.5 Å². The minimum atomic E-state index is -0.225. The molecule has 1 heterocycles. The highest BCUT2D eigenvalue weighted by Gasteiger charge is 2.44. The lowest BCUT2D eigenvalue weighted by molar-refractivity contribution is -0.121. The molecular weight excluding hydrogens is 362 g/mol. The molecule has 0 N–H and O–H groups in total. The summed E-state index contributed by atoms with van der Waals surface area (Å²) >= 11 is 0. The van der Waals surface area contributed by atoms with Gasteiger partial charge in [0.2, 0.25) is 5.91 Å². The monoisotopic (exact) mass is 389 g/mol. The SMILES string of the molecule is COc1cccc(C2CC(=O)N(c3cccc(C)c3)C3=C2C(=O)CC(C)(C)C3)c1. The van der Waals surface area contributed by atoms with Crippen LogP contribution in [0.25, 0.3) is 0 Å². The average molecular weight is 389 g/mol. The van der Waals surface area contributed by atoms with Crippen LogP contribution in [-0.2, 0) is 9.59 Å². The van der Waals surface area contributed by atoms with E-state index in [2.05, 4.69) is 13.8 Å². The molecule has 1 unspecified atom stereocenters. The van der Waals surface area contributed by atoms with Gasteiger partial charge in [-0.25, -0.2) is 0 Å². The van der Waals surface area contributed by atoms with Gasteiger partial charge in [-0.2, -0.15) is 0 Å². The third kappa shape index (κ3) is 3.59. The van der Waals surface area contributed by atoms with Gasteiger partial charge in [0.25, 0.3) is 0 Å². The number of nitrogens with zero attached hydrogens (tertiary/aromatic N) is 1. The number of carbonyl (C=O) groups is 2. The number of aryl methyl sites for hydroxylation is 1. The molecule has 0 spiro atoms. The molecule has 1 aliphatic heterocycles. The Kier molecular flexibility index (Phi) is 4.81. The molecule has 4 heteroatoms. The fourth-order valence-corrected chi connectivity index (χ4v) is 4.62. The molecule has 1 aliphatic carbocycles. The minimum Gasteiger partial charge on any atom is -0.497 e. The molecule has 2 aromatic carbocycles. The highest BCUT2D eigenvalue weighted by molar-refractivity contribution is 6.07. The van der Waals surface area contributed by atoms with E-state index in [9.17, 15) is 9.59 Å². The van der Waals surface area contributed by atoms with E-state index in [1.165, 1.54) is 0 Å². The van der Waals surface area contributed by atoms with Crippen molar-refractivity contribution in [3.63, 3.8) is 0 Å². The van der Waals surface area contributed by atoms with Crippen LogP contribution >= 0.6 is 0 Å². The second kappa shape index (κ2) is 7.18. The molecule has 0 radical (unpaired) electrons. The van der Waals surface area contributed by atoms with Gasteiger partial charge in [0, 0.05) is 35.7 Å². The van der Waals surface area contributed by atoms with Gasteiger partial charge in [0.05, 0.1) is 7.11 Å². The highest BCUT2D eigenvalue weighted by atomic mass is 16.5. The first-order valence-corrected chi connectivity index (χ1v) is 10.1. The van der Waals surface area contributed by atoms with E-state index >= 15 is 0 Å². The Bertz CT molecular complexity index is 1020. The van der Waals surface area contributed by atoms with Gasteiger partial charge in [-0.3, -0.25) is 14.5 Å². The van der Waals surface area contributed by atoms with Crippen LogP contribution in [-0.4, -0.2) is 18.8 Å². The zero-order chi connectivity index (χ0) is 20.8. The molecule has 29 heavy (non-hydrogen) atoms. The van der Waals surface area contributed by atoms with E-state index in [0.717, 1.165) is 33.8 Å². The molecule has 0 aromatic heterocycles. The Morgan fingerprint density at radius 3 is 2.52 bits per heavy atom. The van der Waals surface area contributed by atoms with Crippen LogP contribution in [0.15, 0.2) is 59.8 Å². The van der Waals surface area contributed by atoms with Crippen LogP contribution in [0.1, 0.15) is 50.2 Å². The lowest BCUT2D eigenvalue weighted by Crippen LogP contribution is -2.43. The second-order valence-corrected chi connectivity index (χ2v) is 8.90. The largest absolute Gasteiger partial charge is 0.497 e. The molecule has 4 rings (SSSR count). The number of benzene rings is 2. The van der Waals surface area contributed by atoms with Crippen molar-refractivity contribution in [2.45, 2.75) is 46.0 Å². The van der Waals surface area contributed by atoms with Gasteiger partial charge < -0.3 is 4.74 Å². The summed E-state index contributed by atoms with van der Waals surface area (Å²) in [7, 11) is 1.63. The van der Waals surface area contributed by atoms with Gasteiger partial charge in [-0.05, 0) is 54.2 Å². The molecule has 1 amide bonds. The van der Waals surface area contributed by atoms with Gasteiger partial charge in [-0.15, -0.1) is 0 Å². The molecule has 4 nitrogen and oxygen atoms in total. The highest BCUT2D eigenvalue weighted by Crippen LogP contribution is 2.48. The van der Waals surface area contributed by atoms with Gasteiger partial charge in [0.15, 0.2) is 5.78 Å². The maximum atomic E-state index is 13.4. The first-order chi connectivity index (χ1) is 13.8. The topological polar surface area (TPSA) is 46.6 Å². The first kappa shape index (κ1) is 19.4. The number of allylic oxidation sites excluding steroid dienone is 2. The summed E-state index contributed by atoms with van der Waals surface area (Å²) in [6.07, 6.45) is 1.49. The van der Waals surface area contributed by atoms with Crippen LogP contribution in [0, 0.1) is 12.3 Å². The second-order valence-electron chi connectivity index (χ2n) is 8.90. The number of ketones is 1. The van der Waals surface area contributed by atoms with E-state index in [-0.39, 0.29) is 29.4 Å². The van der Waals surface area contributed by atoms with Gasteiger partial charge >= 0.3 is 0 Å². The Labute approximate surface area is 172 Å². The summed E-state index contributed by atoms with van der Waals surface area (Å²) in [6.45, 7) is 6.22. The van der Waals surface area contributed by atoms with E-state index in [4.69, 9.17) is 4.74 Å². The minimum absolute atomic E-state index is 0.0349. The van der Waals surface area contributed by atoms with Crippen LogP contribution < -0.4 is 9.64 Å². The molecule has 0 bridgehead atoms. The Hall–Kier alpha value is -2.88. The number of ether oxygens (including phenoxy) is 1. The van der Waals surface area contributed by atoms with Gasteiger partial charge in [-0.1, -0.05) is 38.1 Å². The first-order valence-electron chi connectivity index (χ1n) is 10.1. The third-order valence-electron chi connectivity index (χ3n) is 5.90. The predicted molar refractivity (Wildman–Crippen MR) is 114 cm³/mol. The predicted octanol–water partition coefficient (Wildman–Crippen LogP) is 5.17. The smallest absolute Gasteiger partial charge is 0.232 e. The van der Waals surface area contributed by atoms with Crippen molar-refractivity contribution in [1.82, 2.24) is 0 Å². The van der Waals surface area contributed by atoms with Gasteiger partial charge in [0.1, 0.15) is 5.75 Å². The number of rotatable bonds is 3. The van der Waals surface area contributed by atoms with E-state index < -0.39 is 0 Å². The molecule has 0 fully saturated rings. The molecule has 1 atom stereocenters.